The Morgan fingerprint density at radius 2 is 1.73 bits per heavy atom. The number of carbonyl (C=O) groups is 2. The van der Waals surface area contributed by atoms with Crippen molar-refractivity contribution in [2.45, 2.75) is 45.6 Å². The molecule has 1 amide bonds. The van der Waals surface area contributed by atoms with Crippen molar-refractivity contribution < 1.29 is 14.7 Å². The first-order valence-corrected chi connectivity index (χ1v) is 5.53. The van der Waals surface area contributed by atoms with Crippen molar-refractivity contribution in [3.63, 3.8) is 0 Å². The summed E-state index contributed by atoms with van der Waals surface area (Å²) in [5, 5.41) is 13.6. The molecule has 1 saturated carbocycles. The monoisotopic (exact) mass is 212 g/mol. The van der Waals surface area contributed by atoms with E-state index in [0.29, 0.717) is 12.8 Å². The van der Waals surface area contributed by atoms with Gasteiger partial charge < -0.3 is 15.2 Å². The third-order valence-corrected chi connectivity index (χ3v) is 2.84. The molecule has 1 rings (SSSR count). The molecular formula is C11H18NO3-. The van der Waals surface area contributed by atoms with Gasteiger partial charge in [-0.15, -0.1) is 0 Å². The van der Waals surface area contributed by atoms with Crippen molar-refractivity contribution in [3.8, 4) is 0 Å². The van der Waals surface area contributed by atoms with Crippen molar-refractivity contribution in [2.75, 3.05) is 0 Å². The van der Waals surface area contributed by atoms with Crippen LogP contribution in [0.15, 0.2) is 0 Å². The maximum Gasteiger partial charge on any atom is 0.223 e. The van der Waals surface area contributed by atoms with E-state index in [1.165, 1.54) is 0 Å². The third kappa shape index (κ3) is 3.22. The standard InChI is InChI=1S/C11H19NO3/c1-7(2)12-10(13)8-5-3-4-6-9(8)11(14)15/h7-9H,3-6H2,1-2H3,(H,12,13)(H,14,15)/p-1/t8-,9-/m0/s1. The predicted molar refractivity (Wildman–Crippen MR) is 53.7 cm³/mol. The van der Waals surface area contributed by atoms with Crippen LogP contribution in [0.4, 0.5) is 0 Å². The second-order valence-corrected chi connectivity index (χ2v) is 4.48. The van der Waals surface area contributed by atoms with E-state index >= 15 is 0 Å². The van der Waals surface area contributed by atoms with E-state index < -0.39 is 17.8 Å². The van der Waals surface area contributed by atoms with Crippen molar-refractivity contribution in [3.05, 3.63) is 0 Å². The van der Waals surface area contributed by atoms with E-state index in [1.54, 1.807) is 0 Å². The van der Waals surface area contributed by atoms with E-state index in [9.17, 15) is 14.7 Å². The topological polar surface area (TPSA) is 69.2 Å². The van der Waals surface area contributed by atoms with Crippen LogP contribution >= 0.6 is 0 Å². The molecule has 0 heterocycles. The van der Waals surface area contributed by atoms with Crippen LogP contribution in [-0.2, 0) is 9.59 Å². The molecule has 0 aromatic rings. The van der Waals surface area contributed by atoms with Gasteiger partial charge in [-0.3, -0.25) is 4.79 Å². The minimum atomic E-state index is -1.08. The van der Waals surface area contributed by atoms with Gasteiger partial charge in [0.2, 0.25) is 5.91 Å². The molecule has 1 fully saturated rings. The van der Waals surface area contributed by atoms with Crippen molar-refractivity contribution >= 4 is 11.9 Å². The van der Waals surface area contributed by atoms with Crippen LogP contribution in [0, 0.1) is 11.8 Å². The summed E-state index contributed by atoms with van der Waals surface area (Å²) in [6.45, 7) is 3.74. The van der Waals surface area contributed by atoms with Crippen LogP contribution in [0.5, 0.6) is 0 Å². The lowest BCUT2D eigenvalue weighted by Gasteiger charge is -2.31. The van der Waals surface area contributed by atoms with Gasteiger partial charge in [0.1, 0.15) is 0 Å². The highest BCUT2D eigenvalue weighted by Gasteiger charge is 2.31. The average molecular weight is 212 g/mol. The van der Waals surface area contributed by atoms with Crippen LogP contribution < -0.4 is 10.4 Å². The molecule has 4 nitrogen and oxygen atoms in total. The van der Waals surface area contributed by atoms with E-state index in [1.807, 2.05) is 13.8 Å². The predicted octanol–water partition coefficient (Wildman–Crippen LogP) is 0.0673. The van der Waals surface area contributed by atoms with Crippen LogP contribution in [0.3, 0.4) is 0 Å². The summed E-state index contributed by atoms with van der Waals surface area (Å²) in [6.07, 6.45) is 3.04. The van der Waals surface area contributed by atoms with Gasteiger partial charge in [-0.1, -0.05) is 12.8 Å². The second kappa shape index (κ2) is 5.14. The number of hydrogen-bond donors (Lipinski definition) is 1. The summed E-state index contributed by atoms with van der Waals surface area (Å²) >= 11 is 0. The zero-order chi connectivity index (χ0) is 11.4. The Hall–Kier alpha value is -1.06. The van der Waals surface area contributed by atoms with E-state index in [-0.39, 0.29) is 11.9 Å². The van der Waals surface area contributed by atoms with Gasteiger partial charge in [0.25, 0.3) is 0 Å². The maximum absolute atomic E-state index is 11.7. The highest BCUT2D eigenvalue weighted by Crippen LogP contribution is 2.29. The summed E-state index contributed by atoms with van der Waals surface area (Å²) in [5.41, 5.74) is 0. The van der Waals surface area contributed by atoms with Crippen molar-refractivity contribution in [1.29, 1.82) is 0 Å². The summed E-state index contributed by atoms with van der Waals surface area (Å²) in [6, 6.07) is 0.0573. The molecule has 2 atom stereocenters. The summed E-state index contributed by atoms with van der Waals surface area (Å²) in [4.78, 5) is 22.6. The van der Waals surface area contributed by atoms with Crippen LogP contribution in [0.25, 0.3) is 0 Å². The van der Waals surface area contributed by atoms with Crippen molar-refractivity contribution in [1.82, 2.24) is 5.32 Å². The zero-order valence-electron chi connectivity index (χ0n) is 9.29. The lowest BCUT2D eigenvalue weighted by Crippen LogP contribution is -2.46. The number of carboxylic acids is 1. The number of carbonyl (C=O) groups excluding carboxylic acids is 2. The lowest BCUT2D eigenvalue weighted by molar-refractivity contribution is -0.314. The number of carboxylic acid groups (broad SMARTS) is 1. The molecule has 0 bridgehead atoms. The molecule has 0 unspecified atom stereocenters. The van der Waals surface area contributed by atoms with Gasteiger partial charge in [0, 0.05) is 23.8 Å². The Bertz CT molecular complexity index is 250. The number of aliphatic carboxylic acids is 1. The Morgan fingerprint density at radius 1 is 1.20 bits per heavy atom. The quantitative estimate of drug-likeness (QED) is 0.719. The molecular weight excluding hydrogens is 194 g/mol. The van der Waals surface area contributed by atoms with E-state index in [2.05, 4.69) is 5.32 Å². The summed E-state index contributed by atoms with van der Waals surface area (Å²) in [5.74, 6) is -2.22. The second-order valence-electron chi connectivity index (χ2n) is 4.48. The number of nitrogens with one attached hydrogen (secondary N) is 1. The molecule has 0 spiro atoms. The first kappa shape index (κ1) is 12.0. The largest absolute Gasteiger partial charge is 0.550 e. The minimum Gasteiger partial charge on any atom is -0.550 e. The van der Waals surface area contributed by atoms with Gasteiger partial charge in [0.05, 0.1) is 0 Å². The van der Waals surface area contributed by atoms with Crippen LogP contribution in [0.1, 0.15) is 39.5 Å². The normalized spacial score (nSPS) is 26.3. The molecule has 1 aliphatic carbocycles. The Kier molecular flexibility index (Phi) is 4.12. The molecule has 0 aromatic heterocycles. The molecule has 86 valence electrons. The fourth-order valence-electron chi connectivity index (χ4n) is 2.12. The third-order valence-electron chi connectivity index (χ3n) is 2.84. The highest BCUT2D eigenvalue weighted by atomic mass is 16.4. The molecule has 0 aliphatic heterocycles. The molecule has 0 radical (unpaired) electrons. The molecule has 1 N–H and O–H groups in total. The van der Waals surface area contributed by atoms with E-state index in [4.69, 9.17) is 0 Å². The molecule has 15 heavy (non-hydrogen) atoms. The van der Waals surface area contributed by atoms with Gasteiger partial charge in [-0.05, 0) is 26.7 Å². The summed E-state index contributed by atoms with van der Waals surface area (Å²) < 4.78 is 0. The molecule has 0 saturated heterocycles. The van der Waals surface area contributed by atoms with Crippen LogP contribution in [-0.4, -0.2) is 17.9 Å². The fraction of sp³-hybridized carbons (Fsp3) is 0.818. The van der Waals surface area contributed by atoms with Gasteiger partial charge >= 0.3 is 0 Å². The number of hydrogen-bond acceptors (Lipinski definition) is 3. The first-order chi connectivity index (χ1) is 7.02. The molecule has 4 heteroatoms. The first-order valence-electron chi connectivity index (χ1n) is 5.53. The van der Waals surface area contributed by atoms with Gasteiger partial charge in [-0.25, -0.2) is 0 Å². The highest BCUT2D eigenvalue weighted by molar-refractivity contribution is 5.84. The Balaban J connectivity index is 2.63. The smallest absolute Gasteiger partial charge is 0.223 e. The fourth-order valence-corrected chi connectivity index (χ4v) is 2.12. The Labute approximate surface area is 90.0 Å². The number of rotatable bonds is 3. The summed E-state index contributed by atoms with van der Waals surface area (Å²) in [7, 11) is 0. The average Bonchev–Trinajstić information content (AvgIpc) is 2.16. The van der Waals surface area contributed by atoms with E-state index in [0.717, 1.165) is 12.8 Å². The molecule has 1 aliphatic rings. The van der Waals surface area contributed by atoms with Gasteiger partial charge in [0.15, 0.2) is 0 Å². The molecule has 0 aromatic carbocycles. The SMILES string of the molecule is CC(C)NC(=O)[C@H]1CCCC[C@@H]1C(=O)[O-]. The number of amides is 1. The minimum absolute atomic E-state index is 0.0573. The Morgan fingerprint density at radius 3 is 2.20 bits per heavy atom. The van der Waals surface area contributed by atoms with Gasteiger partial charge in [-0.2, -0.15) is 0 Å². The zero-order valence-corrected chi connectivity index (χ0v) is 9.29. The lowest BCUT2D eigenvalue weighted by atomic mass is 9.78. The maximum atomic E-state index is 11.7. The van der Waals surface area contributed by atoms with Crippen LogP contribution in [0.2, 0.25) is 0 Å². The van der Waals surface area contributed by atoms with Crippen molar-refractivity contribution in [2.24, 2.45) is 11.8 Å².